The summed E-state index contributed by atoms with van der Waals surface area (Å²) in [4.78, 5) is 35.2. The highest BCUT2D eigenvalue weighted by molar-refractivity contribution is 5.98. The zero-order valence-corrected chi connectivity index (χ0v) is 14.3. The van der Waals surface area contributed by atoms with Gasteiger partial charge in [0, 0.05) is 30.5 Å². The van der Waals surface area contributed by atoms with Gasteiger partial charge in [-0.05, 0) is 32.1 Å². The smallest absolute Gasteiger partial charge is 0.229 e. The molecule has 4 rings (SSSR count). The van der Waals surface area contributed by atoms with E-state index in [0.29, 0.717) is 37.5 Å². The summed E-state index contributed by atoms with van der Waals surface area (Å²) in [6.07, 6.45) is 5.77. The van der Waals surface area contributed by atoms with Crippen LogP contribution >= 0.6 is 0 Å². The number of rotatable bonds is 2. The van der Waals surface area contributed by atoms with Crippen molar-refractivity contribution in [3.63, 3.8) is 0 Å². The lowest BCUT2D eigenvalue weighted by molar-refractivity contribution is -0.154. The topological polar surface area (TPSA) is 72.4 Å². The molecule has 0 radical (unpaired) electrons. The number of imide groups is 1. The predicted molar refractivity (Wildman–Crippen MR) is 86.5 cm³/mol. The van der Waals surface area contributed by atoms with Gasteiger partial charge in [-0.2, -0.15) is 4.98 Å². The first-order chi connectivity index (χ1) is 11.5. The molecule has 1 atom stereocenters. The molecule has 1 saturated heterocycles. The molecule has 6 nitrogen and oxygen atoms in total. The molecule has 1 saturated carbocycles. The van der Waals surface area contributed by atoms with Crippen LogP contribution in [0.1, 0.15) is 55.6 Å². The van der Waals surface area contributed by atoms with E-state index in [9.17, 15) is 9.59 Å². The van der Waals surface area contributed by atoms with E-state index in [0.717, 1.165) is 36.9 Å². The van der Waals surface area contributed by atoms with Gasteiger partial charge in [-0.25, -0.2) is 4.98 Å². The molecule has 3 aliphatic rings. The fourth-order valence-corrected chi connectivity index (χ4v) is 4.49. The molecule has 0 aromatic carbocycles. The van der Waals surface area contributed by atoms with E-state index in [1.54, 1.807) is 0 Å². The number of aryl methyl sites for hydroxylation is 2. The van der Waals surface area contributed by atoms with Gasteiger partial charge >= 0.3 is 0 Å². The minimum absolute atomic E-state index is 0.0355. The Bertz CT molecular complexity index is 690. The molecule has 1 aliphatic carbocycles. The molecule has 2 fully saturated rings. The molecule has 0 bridgehead atoms. The number of carbonyl (C=O) groups is 2. The minimum atomic E-state index is -0.208. The van der Waals surface area contributed by atoms with Gasteiger partial charge in [-0.3, -0.25) is 14.5 Å². The minimum Gasteiger partial charge on any atom is -0.472 e. The van der Waals surface area contributed by atoms with Crippen LogP contribution in [0.5, 0.6) is 5.88 Å². The monoisotopic (exact) mass is 329 g/mol. The van der Waals surface area contributed by atoms with Crippen LogP contribution in [0.2, 0.25) is 0 Å². The van der Waals surface area contributed by atoms with E-state index in [-0.39, 0.29) is 23.3 Å². The van der Waals surface area contributed by atoms with Crippen molar-refractivity contribution in [1.29, 1.82) is 0 Å². The van der Waals surface area contributed by atoms with E-state index in [4.69, 9.17) is 4.74 Å². The fraction of sp³-hybridized carbons (Fsp3) is 0.667. The molecule has 2 amide bonds. The molecular formula is C18H23N3O3. The quantitative estimate of drug-likeness (QED) is 0.777. The summed E-state index contributed by atoms with van der Waals surface area (Å²) in [5.41, 5.74) is 1.86. The SMILES string of the molecule is Cc1nc(C)c2c(n1)O[C@@H](CN1C(=O)CC3(CCCC3)CC1=O)C2. The highest BCUT2D eigenvalue weighted by Crippen LogP contribution is 2.47. The normalized spacial score (nSPS) is 25.2. The third-order valence-corrected chi connectivity index (χ3v) is 5.70. The molecule has 0 unspecified atom stereocenters. The van der Waals surface area contributed by atoms with Crippen LogP contribution in [-0.2, 0) is 16.0 Å². The summed E-state index contributed by atoms with van der Waals surface area (Å²) >= 11 is 0. The maximum Gasteiger partial charge on any atom is 0.229 e. The summed E-state index contributed by atoms with van der Waals surface area (Å²) in [5, 5.41) is 0. The van der Waals surface area contributed by atoms with Gasteiger partial charge in [0.2, 0.25) is 17.7 Å². The van der Waals surface area contributed by atoms with Gasteiger partial charge < -0.3 is 4.74 Å². The van der Waals surface area contributed by atoms with Crippen molar-refractivity contribution < 1.29 is 14.3 Å². The van der Waals surface area contributed by atoms with Gasteiger partial charge in [0.15, 0.2) is 0 Å². The van der Waals surface area contributed by atoms with Crippen LogP contribution in [0.15, 0.2) is 0 Å². The van der Waals surface area contributed by atoms with Crippen molar-refractivity contribution in [2.75, 3.05) is 6.54 Å². The Labute approximate surface area is 141 Å². The Morgan fingerprint density at radius 2 is 1.79 bits per heavy atom. The first kappa shape index (κ1) is 15.5. The highest BCUT2D eigenvalue weighted by Gasteiger charge is 2.46. The van der Waals surface area contributed by atoms with Crippen LogP contribution in [0.3, 0.4) is 0 Å². The second-order valence-corrected chi connectivity index (χ2v) is 7.54. The second kappa shape index (κ2) is 5.53. The molecule has 128 valence electrons. The Balaban J connectivity index is 1.46. The molecule has 6 heteroatoms. The number of carbonyl (C=O) groups excluding carboxylic acids is 2. The van der Waals surface area contributed by atoms with E-state index in [2.05, 4.69) is 9.97 Å². The molecule has 1 spiro atoms. The largest absolute Gasteiger partial charge is 0.472 e. The van der Waals surface area contributed by atoms with Crippen molar-refractivity contribution in [1.82, 2.24) is 14.9 Å². The van der Waals surface area contributed by atoms with Gasteiger partial charge in [0.05, 0.1) is 6.54 Å². The number of amides is 2. The van der Waals surface area contributed by atoms with Crippen molar-refractivity contribution >= 4 is 11.8 Å². The first-order valence-corrected chi connectivity index (χ1v) is 8.80. The maximum atomic E-state index is 12.6. The van der Waals surface area contributed by atoms with Crippen molar-refractivity contribution in [2.24, 2.45) is 5.41 Å². The van der Waals surface area contributed by atoms with Crippen molar-refractivity contribution in [3.05, 3.63) is 17.1 Å². The number of piperidine rings is 1. The number of fused-ring (bicyclic) bond motifs is 1. The van der Waals surface area contributed by atoms with Crippen LogP contribution in [0.25, 0.3) is 0 Å². The molecule has 1 aromatic rings. The lowest BCUT2D eigenvalue weighted by Crippen LogP contribution is -2.50. The Morgan fingerprint density at radius 3 is 2.46 bits per heavy atom. The van der Waals surface area contributed by atoms with Crippen LogP contribution in [-0.4, -0.2) is 39.3 Å². The lowest BCUT2D eigenvalue weighted by Gasteiger charge is -2.37. The zero-order chi connectivity index (χ0) is 16.9. The third-order valence-electron chi connectivity index (χ3n) is 5.70. The molecular weight excluding hydrogens is 306 g/mol. The van der Waals surface area contributed by atoms with E-state index in [1.807, 2.05) is 13.8 Å². The zero-order valence-electron chi connectivity index (χ0n) is 14.3. The molecule has 3 heterocycles. The predicted octanol–water partition coefficient (Wildman–Crippen LogP) is 2.11. The summed E-state index contributed by atoms with van der Waals surface area (Å²) in [6.45, 7) is 4.10. The van der Waals surface area contributed by atoms with Crippen molar-refractivity contribution in [3.8, 4) is 5.88 Å². The fourth-order valence-electron chi connectivity index (χ4n) is 4.49. The number of hydrogen-bond donors (Lipinski definition) is 0. The van der Waals surface area contributed by atoms with Crippen LogP contribution in [0, 0.1) is 19.3 Å². The van der Waals surface area contributed by atoms with Gasteiger partial charge in [0.25, 0.3) is 0 Å². The van der Waals surface area contributed by atoms with E-state index in [1.165, 1.54) is 4.90 Å². The number of hydrogen-bond acceptors (Lipinski definition) is 5. The molecule has 1 aromatic heterocycles. The summed E-state index contributed by atoms with van der Waals surface area (Å²) in [7, 11) is 0. The third kappa shape index (κ3) is 2.58. The van der Waals surface area contributed by atoms with Gasteiger partial charge in [0.1, 0.15) is 11.9 Å². The average Bonchev–Trinajstić information content (AvgIpc) is 3.10. The van der Waals surface area contributed by atoms with Crippen LogP contribution in [0.4, 0.5) is 0 Å². The number of likely N-dealkylation sites (tertiary alicyclic amines) is 1. The van der Waals surface area contributed by atoms with Gasteiger partial charge in [-0.15, -0.1) is 0 Å². The number of nitrogens with zero attached hydrogens (tertiary/aromatic N) is 3. The van der Waals surface area contributed by atoms with E-state index >= 15 is 0 Å². The standard InChI is InChI=1S/C18H23N3O3/c1-11-14-7-13(24-17(14)20-12(2)19-11)10-21-15(22)8-18(9-16(21)23)5-3-4-6-18/h13H,3-10H2,1-2H3/t13-/m1/s1. The molecule has 24 heavy (non-hydrogen) atoms. The lowest BCUT2D eigenvalue weighted by atomic mass is 9.76. The van der Waals surface area contributed by atoms with E-state index < -0.39 is 0 Å². The Kier molecular flexibility index (Phi) is 3.58. The van der Waals surface area contributed by atoms with Crippen LogP contribution < -0.4 is 4.74 Å². The van der Waals surface area contributed by atoms with Crippen molar-refractivity contribution in [2.45, 2.75) is 64.9 Å². The molecule has 2 aliphatic heterocycles. The summed E-state index contributed by atoms with van der Waals surface area (Å²) < 4.78 is 5.89. The number of ether oxygens (including phenoxy) is 1. The Morgan fingerprint density at radius 1 is 1.12 bits per heavy atom. The summed E-state index contributed by atoms with van der Waals surface area (Å²) in [6, 6.07) is 0. The van der Waals surface area contributed by atoms with Gasteiger partial charge in [-0.1, -0.05) is 12.8 Å². The average molecular weight is 329 g/mol. The highest BCUT2D eigenvalue weighted by atomic mass is 16.5. The molecule has 0 N–H and O–H groups in total. The Hall–Kier alpha value is -1.98. The number of aromatic nitrogens is 2. The first-order valence-electron chi connectivity index (χ1n) is 8.80. The summed E-state index contributed by atoms with van der Waals surface area (Å²) in [5.74, 6) is 1.22. The maximum absolute atomic E-state index is 12.6. The second-order valence-electron chi connectivity index (χ2n) is 7.54.